The maximum Gasteiger partial charge on any atom is 0.301 e. The summed E-state index contributed by atoms with van der Waals surface area (Å²) in [6, 6.07) is 13.2. The number of rotatable bonds is 14. The lowest BCUT2D eigenvalue weighted by Gasteiger charge is -2.40. The van der Waals surface area contributed by atoms with Gasteiger partial charge < -0.3 is 15.5 Å². The van der Waals surface area contributed by atoms with E-state index in [0.29, 0.717) is 0 Å². The van der Waals surface area contributed by atoms with E-state index in [4.69, 9.17) is 0 Å². The van der Waals surface area contributed by atoms with E-state index in [1.54, 1.807) is 20.2 Å². The molecule has 254 valence electrons. The van der Waals surface area contributed by atoms with Gasteiger partial charge in [-0.3, -0.25) is 14.4 Å². The number of hydrogen-bond donors (Lipinski definition) is 4. The van der Waals surface area contributed by atoms with E-state index in [1.165, 1.54) is 36.1 Å². The number of hydrogen-bond acceptors (Lipinski definition) is 6. The largest absolute Gasteiger partial charge is 0.342 e. The van der Waals surface area contributed by atoms with Crippen molar-refractivity contribution in [3.63, 3.8) is 0 Å². The standard InChI is InChI=1S/C34H50FN5O5S/c1-22(2)27(20-23(3)30(41)39-46(44,45)37-21-24-16-14-15-19-26(24)35)40(10)32(43)29(33(4,5)6)38-31(42)28(36-9)34(7,8)25-17-12-11-13-18-25/h11-20,22,27-29,36-37H,21H2,1-10H3,(H,38,42)(H,39,41)/t27-,28-,29-/m1/s1. The molecule has 0 bridgehead atoms. The number of nitrogens with one attached hydrogen (secondary N) is 4. The Hall–Kier alpha value is -3.61. The monoisotopic (exact) mass is 659 g/mol. The molecule has 0 spiro atoms. The van der Waals surface area contributed by atoms with Gasteiger partial charge in [-0.25, -0.2) is 9.11 Å². The highest BCUT2D eigenvalue weighted by Crippen LogP contribution is 2.29. The fourth-order valence-corrected chi connectivity index (χ4v) is 6.04. The van der Waals surface area contributed by atoms with Gasteiger partial charge in [-0.1, -0.05) is 103 Å². The van der Waals surface area contributed by atoms with E-state index < -0.39 is 50.9 Å². The van der Waals surface area contributed by atoms with Crippen molar-refractivity contribution in [2.75, 3.05) is 14.1 Å². The van der Waals surface area contributed by atoms with Gasteiger partial charge in [-0.15, -0.1) is 0 Å². The van der Waals surface area contributed by atoms with Gasteiger partial charge in [0.05, 0.1) is 12.1 Å². The highest BCUT2D eigenvalue weighted by molar-refractivity contribution is 7.88. The van der Waals surface area contributed by atoms with Gasteiger partial charge in [0.1, 0.15) is 11.9 Å². The summed E-state index contributed by atoms with van der Waals surface area (Å²) in [6.07, 6.45) is 1.53. The van der Waals surface area contributed by atoms with E-state index in [0.717, 1.165) is 5.56 Å². The fraction of sp³-hybridized carbons (Fsp3) is 0.500. The Morgan fingerprint density at radius 2 is 1.50 bits per heavy atom. The smallest absolute Gasteiger partial charge is 0.301 e. The van der Waals surface area contributed by atoms with Gasteiger partial charge in [0.2, 0.25) is 11.8 Å². The van der Waals surface area contributed by atoms with Crippen LogP contribution in [0.2, 0.25) is 0 Å². The average molecular weight is 660 g/mol. The summed E-state index contributed by atoms with van der Waals surface area (Å²) in [5.41, 5.74) is -0.131. The molecule has 0 saturated carbocycles. The third-order valence-corrected chi connectivity index (χ3v) is 9.06. The van der Waals surface area contributed by atoms with Crippen LogP contribution in [0.3, 0.4) is 0 Å². The third-order valence-electron chi connectivity index (χ3n) is 8.08. The van der Waals surface area contributed by atoms with Crippen LogP contribution in [-0.2, 0) is 36.6 Å². The van der Waals surface area contributed by atoms with Crippen LogP contribution in [-0.4, -0.2) is 63.3 Å². The molecule has 0 radical (unpaired) electrons. The van der Waals surface area contributed by atoms with E-state index in [9.17, 15) is 27.2 Å². The van der Waals surface area contributed by atoms with Crippen LogP contribution >= 0.6 is 0 Å². The van der Waals surface area contributed by atoms with Crippen molar-refractivity contribution in [3.8, 4) is 0 Å². The molecule has 2 aromatic rings. The highest BCUT2D eigenvalue weighted by Gasteiger charge is 2.41. The Kier molecular flexibility index (Phi) is 13.2. The zero-order chi connectivity index (χ0) is 35.0. The first kappa shape index (κ1) is 38.6. The first-order valence-electron chi connectivity index (χ1n) is 15.3. The topological polar surface area (TPSA) is 137 Å². The Balaban J connectivity index is 2.26. The molecular weight excluding hydrogens is 609 g/mol. The SMILES string of the molecule is CN[C@H](C(=O)N[C@H](C(=O)N(C)[C@H](C=C(C)C(=O)NS(=O)(=O)NCc1ccccc1F)C(C)C)C(C)(C)C)C(C)(C)c1ccccc1. The van der Waals surface area contributed by atoms with Crippen LogP contribution in [0.4, 0.5) is 4.39 Å². The number of carbonyl (C=O) groups is 3. The molecule has 0 heterocycles. The zero-order valence-electron chi connectivity index (χ0n) is 28.6. The molecule has 0 unspecified atom stereocenters. The molecule has 10 nitrogen and oxygen atoms in total. The summed E-state index contributed by atoms with van der Waals surface area (Å²) in [5.74, 6) is -2.35. The average Bonchev–Trinajstić information content (AvgIpc) is 2.97. The second-order valence-corrected chi connectivity index (χ2v) is 15.0. The Bertz CT molecular complexity index is 1500. The lowest BCUT2D eigenvalue weighted by Crippen LogP contribution is -2.61. The molecule has 46 heavy (non-hydrogen) atoms. The minimum Gasteiger partial charge on any atom is -0.342 e. The Morgan fingerprint density at radius 3 is 2.02 bits per heavy atom. The molecule has 3 amide bonds. The van der Waals surface area contributed by atoms with Crippen molar-refractivity contribution in [1.29, 1.82) is 0 Å². The summed E-state index contributed by atoms with van der Waals surface area (Å²) in [5, 5.41) is 6.11. The maximum absolute atomic E-state index is 14.1. The predicted octanol–water partition coefficient (Wildman–Crippen LogP) is 3.80. The molecule has 4 N–H and O–H groups in total. The Labute approximate surface area is 273 Å². The second-order valence-electron chi connectivity index (χ2n) is 13.5. The molecule has 0 aromatic heterocycles. The van der Waals surface area contributed by atoms with Crippen LogP contribution in [0.15, 0.2) is 66.2 Å². The normalized spacial score (nSPS) is 14.7. The van der Waals surface area contributed by atoms with Crippen molar-refractivity contribution >= 4 is 27.9 Å². The number of amides is 3. The van der Waals surface area contributed by atoms with Crippen LogP contribution in [0.5, 0.6) is 0 Å². The molecule has 12 heteroatoms. The van der Waals surface area contributed by atoms with Crippen LogP contribution in [0.1, 0.15) is 66.5 Å². The summed E-state index contributed by atoms with van der Waals surface area (Å²) < 4.78 is 43.1. The van der Waals surface area contributed by atoms with Gasteiger partial charge in [0, 0.05) is 30.1 Å². The van der Waals surface area contributed by atoms with E-state index in [-0.39, 0.29) is 35.4 Å². The molecule has 3 atom stereocenters. The highest BCUT2D eigenvalue weighted by atomic mass is 32.2. The number of nitrogens with zero attached hydrogens (tertiary/aromatic N) is 1. The van der Waals surface area contributed by atoms with E-state index in [2.05, 4.69) is 15.4 Å². The van der Waals surface area contributed by atoms with Gasteiger partial charge in [0.15, 0.2) is 0 Å². The fourth-order valence-electron chi connectivity index (χ4n) is 5.22. The van der Waals surface area contributed by atoms with Gasteiger partial charge >= 0.3 is 10.2 Å². The molecule has 2 rings (SSSR count). The summed E-state index contributed by atoms with van der Waals surface area (Å²) >= 11 is 0. The first-order valence-corrected chi connectivity index (χ1v) is 16.7. The van der Waals surface area contributed by atoms with E-state index in [1.807, 2.05) is 83.5 Å². The van der Waals surface area contributed by atoms with Gasteiger partial charge in [-0.05, 0) is 36.9 Å². The minimum absolute atomic E-state index is 0.0609. The third kappa shape index (κ3) is 10.2. The summed E-state index contributed by atoms with van der Waals surface area (Å²) in [7, 11) is -1.01. The van der Waals surface area contributed by atoms with Crippen LogP contribution in [0.25, 0.3) is 0 Å². The molecule has 0 saturated heterocycles. The van der Waals surface area contributed by atoms with Gasteiger partial charge in [-0.2, -0.15) is 13.1 Å². The number of benzene rings is 2. The quantitative estimate of drug-likeness (QED) is 0.228. The van der Waals surface area contributed by atoms with Crippen molar-refractivity contribution in [1.82, 2.24) is 25.0 Å². The summed E-state index contributed by atoms with van der Waals surface area (Å²) in [6.45, 7) is 14.3. The lowest BCUT2D eigenvalue weighted by atomic mass is 9.76. The molecule has 0 aliphatic rings. The molecule has 0 fully saturated rings. The van der Waals surface area contributed by atoms with Crippen molar-refractivity contribution in [3.05, 3.63) is 83.2 Å². The predicted molar refractivity (Wildman–Crippen MR) is 179 cm³/mol. The molecular formula is C34H50FN5O5S. The minimum atomic E-state index is -4.31. The zero-order valence-corrected chi connectivity index (χ0v) is 29.4. The van der Waals surface area contributed by atoms with Crippen LogP contribution in [0, 0.1) is 17.2 Å². The maximum atomic E-state index is 14.1. The molecule has 2 aromatic carbocycles. The number of halogens is 1. The van der Waals surface area contributed by atoms with Crippen molar-refractivity contribution < 1.29 is 27.2 Å². The second kappa shape index (κ2) is 15.8. The molecule has 0 aliphatic heterocycles. The summed E-state index contributed by atoms with van der Waals surface area (Å²) in [4.78, 5) is 42.2. The van der Waals surface area contributed by atoms with Gasteiger partial charge in [0.25, 0.3) is 5.91 Å². The molecule has 0 aliphatic carbocycles. The lowest BCUT2D eigenvalue weighted by molar-refractivity contribution is -0.140. The van der Waals surface area contributed by atoms with Crippen LogP contribution < -0.4 is 20.1 Å². The van der Waals surface area contributed by atoms with Crippen molar-refractivity contribution in [2.24, 2.45) is 11.3 Å². The van der Waals surface area contributed by atoms with E-state index >= 15 is 0 Å². The number of likely N-dealkylation sites (N-methyl/N-ethyl adjacent to an activating group) is 2. The number of carbonyl (C=O) groups excluding carboxylic acids is 3. The van der Waals surface area contributed by atoms with Crippen molar-refractivity contribution in [2.45, 2.75) is 85.5 Å². The Morgan fingerprint density at radius 1 is 0.935 bits per heavy atom. The first-order chi connectivity index (χ1) is 21.2.